The summed E-state index contributed by atoms with van der Waals surface area (Å²) in [5.41, 5.74) is -0.112. The lowest BCUT2D eigenvalue weighted by Crippen LogP contribution is -2.44. The molecule has 1 aliphatic heterocycles. The zero-order chi connectivity index (χ0) is 22.0. The van der Waals surface area contributed by atoms with Crippen molar-refractivity contribution in [3.8, 4) is 0 Å². The number of carbonyl (C=O) groups is 5. The predicted octanol–water partition coefficient (Wildman–Crippen LogP) is 2.07. The van der Waals surface area contributed by atoms with Crippen molar-refractivity contribution in [2.45, 2.75) is 45.6 Å². The standard InChI is InChI=1S/C21H23FN2O6/c1-11(24-19(27)14-5-3-4-6-15(14)20(24)28)21(29)30-10-18(26)16-8-7-13(9-17(16)22)23-12(2)25/h7-9,11,14-15H,3-6,10H2,1-2H3,(H,23,25)/t11-,14-,15+/m0/s1. The van der Waals surface area contributed by atoms with Crippen LogP contribution in [0.1, 0.15) is 49.9 Å². The molecule has 160 valence electrons. The molecule has 0 unspecified atom stereocenters. The number of Topliss-reactive ketones (excluding diaryl/α,β-unsaturated/α-hetero) is 1. The molecule has 0 spiro atoms. The van der Waals surface area contributed by atoms with Crippen molar-refractivity contribution in [1.82, 2.24) is 4.90 Å². The lowest BCUT2D eigenvalue weighted by atomic mass is 9.81. The molecule has 1 saturated carbocycles. The molecular formula is C21H23FN2O6. The van der Waals surface area contributed by atoms with Gasteiger partial charge in [0.2, 0.25) is 23.5 Å². The zero-order valence-electron chi connectivity index (χ0n) is 16.8. The van der Waals surface area contributed by atoms with Gasteiger partial charge in [0.25, 0.3) is 0 Å². The number of nitrogens with zero attached hydrogens (tertiary/aromatic N) is 1. The highest BCUT2D eigenvalue weighted by molar-refractivity contribution is 6.08. The normalized spacial score (nSPS) is 21.8. The van der Waals surface area contributed by atoms with Crippen molar-refractivity contribution in [3.63, 3.8) is 0 Å². The van der Waals surface area contributed by atoms with Crippen LogP contribution in [0, 0.1) is 17.7 Å². The number of esters is 1. The third kappa shape index (κ3) is 4.24. The highest BCUT2D eigenvalue weighted by Gasteiger charge is 2.51. The Hall–Kier alpha value is -3.10. The Balaban J connectivity index is 1.61. The van der Waals surface area contributed by atoms with Crippen LogP contribution in [-0.4, -0.2) is 47.0 Å². The third-order valence-electron chi connectivity index (χ3n) is 5.54. The second kappa shape index (κ2) is 8.73. The first-order chi connectivity index (χ1) is 14.2. The van der Waals surface area contributed by atoms with E-state index in [1.165, 1.54) is 26.0 Å². The van der Waals surface area contributed by atoms with E-state index in [-0.39, 0.29) is 40.8 Å². The summed E-state index contributed by atoms with van der Waals surface area (Å²) in [6.45, 7) is 1.91. The number of nitrogens with one attached hydrogen (secondary N) is 1. The molecule has 2 fully saturated rings. The molecule has 1 heterocycles. The zero-order valence-corrected chi connectivity index (χ0v) is 16.8. The van der Waals surface area contributed by atoms with Crippen LogP contribution in [0.15, 0.2) is 18.2 Å². The molecule has 1 aromatic rings. The molecule has 1 aliphatic carbocycles. The fourth-order valence-electron chi connectivity index (χ4n) is 4.03. The number of anilines is 1. The molecule has 30 heavy (non-hydrogen) atoms. The second-order valence-electron chi connectivity index (χ2n) is 7.63. The number of halogens is 1. The van der Waals surface area contributed by atoms with Crippen LogP contribution in [0.2, 0.25) is 0 Å². The SMILES string of the molecule is CC(=O)Nc1ccc(C(=O)COC(=O)[C@H](C)N2C(=O)[C@H]3CCCC[C@H]3C2=O)c(F)c1. The van der Waals surface area contributed by atoms with Crippen LogP contribution in [-0.2, 0) is 23.9 Å². The highest BCUT2D eigenvalue weighted by Crippen LogP contribution is 2.38. The van der Waals surface area contributed by atoms with Crippen molar-refractivity contribution in [2.24, 2.45) is 11.8 Å². The fourth-order valence-corrected chi connectivity index (χ4v) is 4.03. The van der Waals surface area contributed by atoms with Gasteiger partial charge in [-0.3, -0.25) is 24.1 Å². The minimum absolute atomic E-state index is 0.190. The summed E-state index contributed by atoms with van der Waals surface area (Å²) in [6, 6.07) is 2.36. The summed E-state index contributed by atoms with van der Waals surface area (Å²) >= 11 is 0. The Morgan fingerprint density at radius 2 is 1.77 bits per heavy atom. The monoisotopic (exact) mass is 418 g/mol. The van der Waals surface area contributed by atoms with Gasteiger partial charge in [-0.2, -0.15) is 0 Å². The first kappa shape index (κ1) is 21.6. The van der Waals surface area contributed by atoms with Gasteiger partial charge in [0, 0.05) is 12.6 Å². The van der Waals surface area contributed by atoms with Crippen LogP contribution >= 0.6 is 0 Å². The van der Waals surface area contributed by atoms with Gasteiger partial charge in [0.05, 0.1) is 17.4 Å². The molecule has 3 rings (SSSR count). The summed E-state index contributed by atoms with van der Waals surface area (Å²) in [6.07, 6.45) is 2.99. The minimum atomic E-state index is -1.16. The predicted molar refractivity (Wildman–Crippen MR) is 103 cm³/mol. The van der Waals surface area contributed by atoms with E-state index in [9.17, 15) is 28.4 Å². The lowest BCUT2D eigenvalue weighted by molar-refractivity contribution is -0.157. The summed E-state index contributed by atoms with van der Waals surface area (Å²) in [5, 5.41) is 2.39. The second-order valence-corrected chi connectivity index (χ2v) is 7.63. The van der Waals surface area contributed by atoms with Crippen LogP contribution in [0.3, 0.4) is 0 Å². The van der Waals surface area contributed by atoms with E-state index < -0.39 is 30.2 Å². The molecule has 1 saturated heterocycles. The van der Waals surface area contributed by atoms with Crippen molar-refractivity contribution in [2.75, 3.05) is 11.9 Å². The van der Waals surface area contributed by atoms with Crippen molar-refractivity contribution in [3.05, 3.63) is 29.6 Å². The maximum absolute atomic E-state index is 14.1. The Morgan fingerprint density at radius 1 is 1.17 bits per heavy atom. The number of rotatable bonds is 6. The van der Waals surface area contributed by atoms with E-state index >= 15 is 0 Å². The quantitative estimate of drug-likeness (QED) is 0.430. The van der Waals surface area contributed by atoms with Gasteiger partial charge in [-0.15, -0.1) is 0 Å². The largest absolute Gasteiger partial charge is 0.456 e. The number of ketones is 1. The average molecular weight is 418 g/mol. The number of ether oxygens (including phenoxy) is 1. The smallest absolute Gasteiger partial charge is 0.329 e. The van der Waals surface area contributed by atoms with E-state index in [0.29, 0.717) is 12.8 Å². The maximum atomic E-state index is 14.1. The summed E-state index contributed by atoms with van der Waals surface area (Å²) < 4.78 is 19.1. The molecule has 0 bridgehead atoms. The first-order valence-electron chi connectivity index (χ1n) is 9.84. The lowest BCUT2D eigenvalue weighted by Gasteiger charge is -2.21. The van der Waals surface area contributed by atoms with Gasteiger partial charge in [-0.25, -0.2) is 9.18 Å². The number of imide groups is 1. The fraction of sp³-hybridized carbons (Fsp3) is 0.476. The third-order valence-corrected chi connectivity index (χ3v) is 5.54. The van der Waals surface area contributed by atoms with Gasteiger partial charge in [-0.1, -0.05) is 12.8 Å². The van der Waals surface area contributed by atoms with Gasteiger partial charge in [0.15, 0.2) is 6.61 Å². The van der Waals surface area contributed by atoms with E-state index in [1.807, 2.05) is 0 Å². The molecule has 3 amide bonds. The number of likely N-dealkylation sites (tertiary alicyclic amines) is 1. The molecule has 3 atom stereocenters. The van der Waals surface area contributed by atoms with Crippen molar-refractivity contribution >= 4 is 35.2 Å². The van der Waals surface area contributed by atoms with Gasteiger partial charge in [0.1, 0.15) is 11.9 Å². The molecular weight excluding hydrogens is 395 g/mol. The maximum Gasteiger partial charge on any atom is 0.329 e. The molecule has 8 nitrogen and oxygen atoms in total. The topological polar surface area (TPSA) is 110 Å². The van der Waals surface area contributed by atoms with Crippen molar-refractivity contribution in [1.29, 1.82) is 0 Å². The van der Waals surface area contributed by atoms with Crippen LogP contribution in [0.5, 0.6) is 0 Å². The number of fused-ring (bicyclic) bond motifs is 1. The summed E-state index contributed by atoms with van der Waals surface area (Å²) in [4.78, 5) is 61.7. The molecule has 2 aliphatic rings. The van der Waals surface area contributed by atoms with Gasteiger partial charge >= 0.3 is 5.97 Å². The minimum Gasteiger partial charge on any atom is -0.456 e. The molecule has 1 N–H and O–H groups in total. The molecule has 1 aromatic carbocycles. The number of amides is 3. The molecule has 0 radical (unpaired) electrons. The van der Waals surface area contributed by atoms with E-state index in [4.69, 9.17) is 4.74 Å². The first-order valence-corrected chi connectivity index (χ1v) is 9.84. The van der Waals surface area contributed by atoms with Gasteiger partial charge < -0.3 is 10.1 Å². The summed E-state index contributed by atoms with van der Waals surface area (Å²) in [5.74, 6) is -4.47. The van der Waals surface area contributed by atoms with Gasteiger partial charge in [-0.05, 0) is 38.0 Å². The Morgan fingerprint density at radius 3 is 2.30 bits per heavy atom. The Bertz CT molecular complexity index is 891. The van der Waals surface area contributed by atoms with Crippen LogP contribution in [0.25, 0.3) is 0 Å². The Labute approximate surface area is 172 Å². The van der Waals surface area contributed by atoms with E-state index in [2.05, 4.69) is 5.32 Å². The number of hydrogen-bond donors (Lipinski definition) is 1. The molecule has 9 heteroatoms. The summed E-state index contributed by atoms with van der Waals surface area (Å²) in [7, 11) is 0. The van der Waals surface area contributed by atoms with Crippen LogP contribution in [0.4, 0.5) is 10.1 Å². The van der Waals surface area contributed by atoms with Crippen LogP contribution < -0.4 is 5.32 Å². The highest BCUT2D eigenvalue weighted by atomic mass is 19.1. The van der Waals surface area contributed by atoms with Crippen molar-refractivity contribution < 1.29 is 33.1 Å². The number of carbonyl (C=O) groups excluding carboxylic acids is 5. The Kier molecular flexibility index (Phi) is 6.28. The van der Waals surface area contributed by atoms with E-state index in [0.717, 1.165) is 23.8 Å². The number of benzene rings is 1. The van der Waals surface area contributed by atoms with E-state index in [1.54, 1.807) is 0 Å². The number of hydrogen-bond acceptors (Lipinski definition) is 6. The molecule has 0 aromatic heterocycles. The average Bonchev–Trinajstić information content (AvgIpc) is 2.95.